The molecule has 118 valence electrons. The van der Waals surface area contributed by atoms with E-state index in [-0.39, 0.29) is 5.97 Å². The second-order valence-electron chi connectivity index (χ2n) is 5.00. The molecule has 4 rings (SSSR count). The van der Waals surface area contributed by atoms with E-state index in [1.54, 1.807) is 6.07 Å². The van der Waals surface area contributed by atoms with Gasteiger partial charge in [-0.1, -0.05) is 36.4 Å². The smallest absolute Gasteiger partial charge is 0.308 e. The number of hydrogen-bond acceptors (Lipinski definition) is 4. The SMILES string of the molecule is C1COC1.C1COC1.CC(=O)Oc1cccc2ccccc12. The van der Waals surface area contributed by atoms with Gasteiger partial charge in [0.1, 0.15) is 5.75 Å². The van der Waals surface area contributed by atoms with Gasteiger partial charge in [0.05, 0.1) is 0 Å². The predicted octanol–water partition coefficient (Wildman–Crippen LogP) is 3.58. The summed E-state index contributed by atoms with van der Waals surface area (Å²) in [6.07, 6.45) is 2.56. The summed E-state index contributed by atoms with van der Waals surface area (Å²) in [4.78, 5) is 10.8. The highest BCUT2D eigenvalue weighted by Crippen LogP contribution is 2.24. The van der Waals surface area contributed by atoms with Crippen molar-refractivity contribution in [3.05, 3.63) is 42.5 Å². The van der Waals surface area contributed by atoms with Gasteiger partial charge in [-0.15, -0.1) is 0 Å². The van der Waals surface area contributed by atoms with Crippen molar-refractivity contribution in [2.75, 3.05) is 26.4 Å². The van der Waals surface area contributed by atoms with Crippen molar-refractivity contribution in [3.8, 4) is 5.75 Å². The van der Waals surface area contributed by atoms with Crippen molar-refractivity contribution in [3.63, 3.8) is 0 Å². The highest BCUT2D eigenvalue weighted by Gasteiger charge is 2.02. The van der Waals surface area contributed by atoms with Crippen molar-refractivity contribution in [2.24, 2.45) is 0 Å². The molecule has 0 N–H and O–H groups in total. The van der Waals surface area contributed by atoms with Gasteiger partial charge >= 0.3 is 5.97 Å². The van der Waals surface area contributed by atoms with Gasteiger partial charge in [0.15, 0.2) is 0 Å². The fraction of sp³-hybridized carbons (Fsp3) is 0.389. The summed E-state index contributed by atoms with van der Waals surface area (Å²) in [7, 11) is 0. The van der Waals surface area contributed by atoms with Crippen LogP contribution in [-0.4, -0.2) is 32.4 Å². The van der Waals surface area contributed by atoms with E-state index in [1.165, 1.54) is 19.8 Å². The van der Waals surface area contributed by atoms with Crippen LogP contribution in [0.2, 0.25) is 0 Å². The second-order valence-corrected chi connectivity index (χ2v) is 5.00. The molecule has 0 radical (unpaired) electrons. The zero-order chi connectivity index (χ0) is 15.6. The maximum absolute atomic E-state index is 10.8. The van der Waals surface area contributed by atoms with Crippen molar-refractivity contribution in [1.29, 1.82) is 0 Å². The summed E-state index contributed by atoms with van der Waals surface area (Å²) in [6.45, 7) is 5.40. The predicted molar refractivity (Wildman–Crippen MR) is 86.1 cm³/mol. The molecule has 0 saturated carbocycles. The molecule has 0 unspecified atom stereocenters. The summed E-state index contributed by atoms with van der Waals surface area (Å²) < 4.78 is 14.5. The number of benzene rings is 2. The van der Waals surface area contributed by atoms with E-state index >= 15 is 0 Å². The zero-order valence-electron chi connectivity index (χ0n) is 12.9. The van der Waals surface area contributed by atoms with E-state index in [0.29, 0.717) is 5.75 Å². The molecule has 0 spiro atoms. The van der Waals surface area contributed by atoms with Crippen molar-refractivity contribution in [2.45, 2.75) is 19.8 Å². The van der Waals surface area contributed by atoms with Crippen LogP contribution in [0.3, 0.4) is 0 Å². The molecule has 0 amide bonds. The maximum atomic E-state index is 10.8. The minimum absolute atomic E-state index is 0.290. The lowest BCUT2D eigenvalue weighted by molar-refractivity contribution is -0.131. The molecule has 0 bridgehead atoms. The number of rotatable bonds is 1. The van der Waals surface area contributed by atoms with Crippen LogP contribution in [0.5, 0.6) is 5.75 Å². The Bertz CT molecular complexity index is 565. The third-order valence-corrected chi connectivity index (χ3v) is 3.16. The molecule has 0 aliphatic carbocycles. The molecule has 2 fully saturated rings. The molecule has 2 aromatic rings. The molecular formula is C18H22O4. The summed E-state index contributed by atoms with van der Waals surface area (Å²) in [5.41, 5.74) is 0. The van der Waals surface area contributed by atoms with Gasteiger partial charge in [0.2, 0.25) is 0 Å². The van der Waals surface area contributed by atoms with Crippen molar-refractivity contribution in [1.82, 2.24) is 0 Å². The number of ether oxygens (including phenoxy) is 3. The molecule has 4 heteroatoms. The average molecular weight is 302 g/mol. The first-order valence-corrected chi connectivity index (χ1v) is 7.59. The molecule has 2 aliphatic heterocycles. The van der Waals surface area contributed by atoms with Gasteiger partial charge in [-0.3, -0.25) is 4.79 Å². The van der Waals surface area contributed by atoms with Crippen LogP contribution in [0, 0.1) is 0 Å². The van der Waals surface area contributed by atoms with Crippen LogP contribution in [0.1, 0.15) is 19.8 Å². The van der Waals surface area contributed by atoms with Gasteiger partial charge in [0.25, 0.3) is 0 Å². The van der Waals surface area contributed by atoms with E-state index in [1.807, 2.05) is 36.4 Å². The number of esters is 1. The Morgan fingerprint density at radius 2 is 1.41 bits per heavy atom. The average Bonchev–Trinajstić information content (AvgIpc) is 2.34. The van der Waals surface area contributed by atoms with Crippen molar-refractivity contribution >= 4 is 16.7 Å². The standard InChI is InChI=1S/C12H10O2.2C3H6O/c1-9(13)14-12-8-4-6-10-5-2-3-7-11(10)12;2*1-2-4-3-1/h2-8H,1H3;2*1-3H2. The molecule has 4 nitrogen and oxygen atoms in total. The van der Waals surface area contributed by atoms with Crippen LogP contribution in [0.15, 0.2) is 42.5 Å². The van der Waals surface area contributed by atoms with Crippen LogP contribution in [0.25, 0.3) is 10.8 Å². The molecule has 0 aromatic heterocycles. The van der Waals surface area contributed by atoms with Gasteiger partial charge in [-0.25, -0.2) is 0 Å². The Hall–Kier alpha value is -1.91. The minimum Gasteiger partial charge on any atom is -0.426 e. The Morgan fingerprint density at radius 1 is 0.909 bits per heavy atom. The summed E-state index contributed by atoms with van der Waals surface area (Å²) in [6, 6.07) is 13.5. The fourth-order valence-electron chi connectivity index (χ4n) is 1.73. The highest BCUT2D eigenvalue weighted by molar-refractivity contribution is 5.90. The van der Waals surface area contributed by atoms with Crippen molar-refractivity contribution < 1.29 is 19.0 Å². The van der Waals surface area contributed by atoms with E-state index < -0.39 is 0 Å². The zero-order valence-corrected chi connectivity index (χ0v) is 12.9. The highest BCUT2D eigenvalue weighted by atomic mass is 16.5. The third kappa shape index (κ3) is 5.47. The number of carbonyl (C=O) groups excluding carboxylic acids is 1. The normalized spacial score (nSPS) is 15.1. The molecule has 2 saturated heterocycles. The lowest BCUT2D eigenvalue weighted by Crippen LogP contribution is -2.09. The van der Waals surface area contributed by atoms with Crippen LogP contribution in [-0.2, 0) is 14.3 Å². The van der Waals surface area contributed by atoms with Crippen LogP contribution in [0.4, 0.5) is 0 Å². The second kappa shape index (κ2) is 9.18. The van der Waals surface area contributed by atoms with Gasteiger partial charge in [0, 0.05) is 38.7 Å². The largest absolute Gasteiger partial charge is 0.426 e. The molecule has 2 heterocycles. The molecule has 0 atom stereocenters. The van der Waals surface area contributed by atoms with E-state index in [0.717, 1.165) is 37.2 Å². The summed E-state index contributed by atoms with van der Waals surface area (Å²) in [5, 5.41) is 2.04. The fourth-order valence-corrected chi connectivity index (χ4v) is 1.73. The van der Waals surface area contributed by atoms with Crippen LogP contribution < -0.4 is 4.74 Å². The molecular weight excluding hydrogens is 280 g/mol. The Labute approximate surface area is 131 Å². The molecule has 22 heavy (non-hydrogen) atoms. The first-order chi connectivity index (χ1) is 10.8. The monoisotopic (exact) mass is 302 g/mol. The first kappa shape index (κ1) is 16.5. The van der Waals surface area contributed by atoms with Crippen LogP contribution >= 0.6 is 0 Å². The lowest BCUT2D eigenvalue weighted by atomic mass is 10.1. The topological polar surface area (TPSA) is 44.8 Å². The molecule has 2 aliphatic rings. The molecule has 2 aromatic carbocycles. The third-order valence-electron chi connectivity index (χ3n) is 3.16. The number of carbonyl (C=O) groups is 1. The summed E-state index contributed by atoms with van der Waals surface area (Å²) in [5.74, 6) is 0.331. The van der Waals surface area contributed by atoms with E-state index in [2.05, 4.69) is 0 Å². The number of hydrogen-bond donors (Lipinski definition) is 0. The maximum Gasteiger partial charge on any atom is 0.308 e. The first-order valence-electron chi connectivity index (χ1n) is 7.59. The Morgan fingerprint density at radius 3 is 1.91 bits per heavy atom. The summed E-state index contributed by atoms with van der Waals surface area (Å²) >= 11 is 0. The lowest BCUT2D eigenvalue weighted by Gasteiger charge is -2.09. The Balaban J connectivity index is 0.000000178. The minimum atomic E-state index is -0.290. The van der Waals surface area contributed by atoms with Gasteiger partial charge in [-0.05, 0) is 24.3 Å². The quantitative estimate of drug-likeness (QED) is 0.596. The van der Waals surface area contributed by atoms with E-state index in [9.17, 15) is 4.79 Å². The van der Waals surface area contributed by atoms with E-state index in [4.69, 9.17) is 14.2 Å². The van der Waals surface area contributed by atoms with Gasteiger partial charge in [-0.2, -0.15) is 0 Å². The number of fused-ring (bicyclic) bond motifs is 1. The van der Waals surface area contributed by atoms with Gasteiger partial charge < -0.3 is 14.2 Å². The Kier molecular flexibility index (Phi) is 6.87.